The summed E-state index contributed by atoms with van der Waals surface area (Å²) in [6.07, 6.45) is -1.81. The van der Waals surface area contributed by atoms with E-state index in [0.29, 0.717) is 5.56 Å². The van der Waals surface area contributed by atoms with Gasteiger partial charge in [0.05, 0.1) is 26.2 Å². The first-order chi connectivity index (χ1) is 18.0. The lowest BCUT2D eigenvalue weighted by atomic mass is 9.99. The van der Waals surface area contributed by atoms with E-state index in [1.807, 2.05) is 41.5 Å². The highest BCUT2D eigenvalue weighted by Crippen LogP contribution is 2.30. The van der Waals surface area contributed by atoms with Gasteiger partial charge in [0, 0.05) is 6.54 Å². The van der Waals surface area contributed by atoms with Crippen molar-refractivity contribution in [2.45, 2.75) is 67.9 Å². The van der Waals surface area contributed by atoms with Crippen LogP contribution in [0.15, 0.2) is 18.2 Å². The number of esters is 2. The average Bonchev–Trinajstić information content (AvgIpc) is 2.83. The molecule has 0 bridgehead atoms. The van der Waals surface area contributed by atoms with Gasteiger partial charge in [0.2, 0.25) is 0 Å². The molecule has 0 unspecified atom stereocenters. The molecule has 0 aliphatic heterocycles. The number of rotatable bonds is 12. The quantitative estimate of drug-likeness (QED) is 0.167. The third-order valence-corrected chi connectivity index (χ3v) is 4.77. The van der Waals surface area contributed by atoms with Crippen molar-refractivity contribution in [3.8, 4) is 11.5 Å². The number of benzene rings is 1. The number of hydrogen-bond acceptors (Lipinski definition) is 11. The Bertz CT molecular complexity index is 976. The molecule has 0 aromatic heterocycles. The van der Waals surface area contributed by atoms with E-state index < -0.39 is 24.3 Å². The minimum absolute atomic E-state index is 0.0615. The van der Waals surface area contributed by atoms with Crippen LogP contribution in [0.5, 0.6) is 11.5 Å². The number of carbonyl (C=O) groups is 4. The van der Waals surface area contributed by atoms with Gasteiger partial charge in [0.25, 0.3) is 0 Å². The Morgan fingerprint density at radius 2 is 1.33 bits per heavy atom. The van der Waals surface area contributed by atoms with Crippen LogP contribution in [0.3, 0.4) is 0 Å². The molecule has 0 aliphatic carbocycles. The van der Waals surface area contributed by atoms with Crippen molar-refractivity contribution in [1.29, 1.82) is 0 Å². The van der Waals surface area contributed by atoms with Gasteiger partial charge in [-0.15, -0.1) is 0 Å². The van der Waals surface area contributed by atoms with E-state index in [2.05, 4.69) is 5.32 Å². The molecular weight excluding hydrogens is 510 g/mol. The number of methoxy groups -OCH3 is 1. The Labute approximate surface area is 230 Å². The fraction of sp³-hybridized carbons (Fsp3) is 0.643. The zero-order valence-corrected chi connectivity index (χ0v) is 24.5. The van der Waals surface area contributed by atoms with E-state index in [1.165, 1.54) is 19.2 Å². The van der Waals surface area contributed by atoms with Crippen LogP contribution in [0.1, 0.15) is 61.0 Å². The Morgan fingerprint density at radius 3 is 1.82 bits per heavy atom. The van der Waals surface area contributed by atoms with Gasteiger partial charge in [0.15, 0.2) is 11.5 Å². The molecule has 0 heterocycles. The van der Waals surface area contributed by atoms with E-state index in [0.717, 1.165) is 0 Å². The van der Waals surface area contributed by atoms with Crippen LogP contribution in [0, 0.1) is 16.7 Å². The molecule has 39 heavy (non-hydrogen) atoms. The third kappa shape index (κ3) is 14.4. The first-order valence-electron chi connectivity index (χ1n) is 12.8. The summed E-state index contributed by atoms with van der Waals surface area (Å²) < 4.78 is 31.0. The molecule has 0 saturated heterocycles. The highest BCUT2D eigenvalue weighted by Gasteiger charge is 2.23. The van der Waals surface area contributed by atoms with Crippen molar-refractivity contribution < 1.29 is 47.6 Å². The van der Waals surface area contributed by atoms with Crippen LogP contribution in [0.25, 0.3) is 0 Å². The monoisotopic (exact) mass is 553 g/mol. The standard InChI is InChI=1S/C28H43NO10/c1-18(2)23(30)35-13-12-29-20(24(31)34-9)14-19-10-11-21(38-25(32)36-16-27(3,4)5)22(15-19)39-26(33)37-17-28(6,7)8/h10-11,15,18,20,29H,12-14,16-17H2,1-9H3/t20-/m0/s1. The molecular formula is C28H43NO10. The highest BCUT2D eigenvalue weighted by atomic mass is 16.7. The minimum atomic E-state index is -0.982. The molecule has 0 fully saturated rings. The summed E-state index contributed by atoms with van der Waals surface area (Å²) in [5.41, 5.74) is -0.00641. The molecule has 11 nitrogen and oxygen atoms in total. The second-order valence-electron chi connectivity index (χ2n) is 11.7. The molecule has 0 spiro atoms. The van der Waals surface area contributed by atoms with Gasteiger partial charge in [0.1, 0.15) is 12.6 Å². The summed E-state index contributed by atoms with van der Waals surface area (Å²) in [4.78, 5) is 48.7. The van der Waals surface area contributed by atoms with Crippen LogP contribution < -0.4 is 14.8 Å². The molecule has 1 rings (SSSR count). The van der Waals surface area contributed by atoms with Crippen molar-refractivity contribution >= 4 is 24.2 Å². The zero-order valence-electron chi connectivity index (χ0n) is 24.5. The van der Waals surface area contributed by atoms with E-state index in [-0.39, 0.29) is 67.0 Å². The largest absolute Gasteiger partial charge is 0.513 e. The minimum Gasteiger partial charge on any atom is -0.468 e. The van der Waals surface area contributed by atoms with Crippen LogP contribution >= 0.6 is 0 Å². The van der Waals surface area contributed by atoms with Crippen LogP contribution in [-0.2, 0) is 35.0 Å². The van der Waals surface area contributed by atoms with Gasteiger partial charge in [-0.05, 0) is 34.9 Å². The van der Waals surface area contributed by atoms with Gasteiger partial charge in [-0.1, -0.05) is 61.5 Å². The van der Waals surface area contributed by atoms with Gasteiger partial charge < -0.3 is 33.7 Å². The normalized spacial score (nSPS) is 12.4. The lowest BCUT2D eigenvalue weighted by Gasteiger charge is -2.20. The number of nitrogens with one attached hydrogen (secondary N) is 1. The smallest absolute Gasteiger partial charge is 0.468 e. The highest BCUT2D eigenvalue weighted by molar-refractivity contribution is 5.76. The number of hydrogen-bond donors (Lipinski definition) is 1. The zero-order chi connectivity index (χ0) is 29.8. The summed E-state index contributed by atoms with van der Waals surface area (Å²) in [6.45, 7) is 15.3. The first kappa shape index (κ1) is 33.7. The summed E-state index contributed by atoms with van der Waals surface area (Å²) in [7, 11) is 1.26. The predicted octanol–water partition coefficient (Wildman–Crippen LogP) is 4.68. The molecule has 1 N–H and O–H groups in total. The Hall–Kier alpha value is -3.34. The van der Waals surface area contributed by atoms with Gasteiger partial charge in [-0.3, -0.25) is 9.59 Å². The lowest BCUT2D eigenvalue weighted by molar-refractivity contribution is -0.147. The van der Waals surface area contributed by atoms with E-state index in [1.54, 1.807) is 19.9 Å². The average molecular weight is 554 g/mol. The predicted molar refractivity (Wildman–Crippen MR) is 143 cm³/mol. The molecule has 1 aromatic rings. The molecule has 11 heteroatoms. The van der Waals surface area contributed by atoms with Crippen molar-refractivity contribution in [1.82, 2.24) is 5.32 Å². The van der Waals surface area contributed by atoms with Gasteiger partial charge in [-0.25, -0.2) is 9.59 Å². The third-order valence-electron chi connectivity index (χ3n) is 4.77. The van der Waals surface area contributed by atoms with Gasteiger partial charge in [-0.2, -0.15) is 0 Å². The van der Waals surface area contributed by atoms with Crippen LogP contribution in [0.4, 0.5) is 9.59 Å². The van der Waals surface area contributed by atoms with Crippen molar-refractivity contribution in [2.75, 3.05) is 33.5 Å². The fourth-order valence-corrected chi connectivity index (χ4v) is 2.80. The van der Waals surface area contributed by atoms with Crippen molar-refractivity contribution in [2.24, 2.45) is 16.7 Å². The summed E-state index contributed by atoms with van der Waals surface area (Å²) in [5.74, 6) is -1.30. The number of carbonyl (C=O) groups excluding carboxylic acids is 4. The Balaban J connectivity index is 3.07. The molecule has 1 atom stereocenters. The van der Waals surface area contributed by atoms with E-state index in [4.69, 9.17) is 28.4 Å². The summed E-state index contributed by atoms with van der Waals surface area (Å²) in [6, 6.07) is 3.70. The summed E-state index contributed by atoms with van der Waals surface area (Å²) >= 11 is 0. The maximum atomic E-state index is 12.4. The van der Waals surface area contributed by atoms with E-state index >= 15 is 0 Å². The Kier molecular flexibility index (Phi) is 13.2. The molecule has 0 aliphatic rings. The first-order valence-corrected chi connectivity index (χ1v) is 12.8. The molecule has 0 radical (unpaired) electrons. The fourth-order valence-electron chi connectivity index (χ4n) is 2.80. The van der Waals surface area contributed by atoms with Gasteiger partial charge >= 0.3 is 24.2 Å². The molecule has 220 valence electrons. The van der Waals surface area contributed by atoms with Crippen LogP contribution in [0.2, 0.25) is 0 Å². The summed E-state index contributed by atoms with van der Waals surface area (Å²) in [5, 5.41) is 3.00. The van der Waals surface area contributed by atoms with Crippen LogP contribution in [-0.4, -0.2) is 63.8 Å². The number of ether oxygens (including phenoxy) is 6. The second-order valence-corrected chi connectivity index (χ2v) is 11.7. The molecule has 1 aromatic carbocycles. The Morgan fingerprint density at radius 1 is 0.795 bits per heavy atom. The van der Waals surface area contributed by atoms with Crippen molar-refractivity contribution in [3.05, 3.63) is 23.8 Å². The maximum Gasteiger partial charge on any atom is 0.513 e. The lowest BCUT2D eigenvalue weighted by Crippen LogP contribution is -2.41. The topological polar surface area (TPSA) is 136 Å². The molecule has 0 saturated carbocycles. The second kappa shape index (κ2) is 15.3. The molecule has 0 amide bonds. The SMILES string of the molecule is COC(=O)[C@H](Cc1ccc(OC(=O)OCC(C)(C)C)c(OC(=O)OCC(C)(C)C)c1)NCCOC(=O)C(C)C. The van der Waals surface area contributed by atoms with E-state index in [9.17, 15) is 19.2 Å². The van der Waals surface area contributed by atoms with Crippen molar-refractivity contribution in [3.63, 3.8) is 0 Å². The maximum absolute atomic E-state index is 12.4.